The van der Waals surface area contributed by atoms with Gasteiger partial charge >= 0.3 is 0 Å². The van der Waals surface area contributed by atoms with E-state index >= 15 is 0 Å². The first-order valence-corrected chi connectivity index (χ1v) is 5.38. The highest BCUT2D eigenvalue weighted by Crippen LogP contribution is 2.25. The normalized spacial score (nSPS) is 10.7. The molecule has 0 aliphatic carbocycles. The van der Waals surface area contributed by atoms with E-state index in [2.05, 4.69) is 10.3 Å². The number of aromatic nitrogens is 3. The van der Waals surface area contributed by atoms with Gasteiger partial charge in [0.1, 0.15) is 5.69 Å². The van der Waals surface area contributed by atoms with E-state index in [4.69, 9.17) is 11.6 Å². The van der Waals surface area contributed by atoms with Crippen molar-refractivity contribution in [3.8, 4) is 5.69 Å². The Labute approximate surface area is 106 Å². The molecule has 0 fully saturated rings. The van der Waals surface area contributed by atoms with E-state index in [1.807, 2.05) is 0 Å². The van der Waals surface area contributed by atoms with Crippen molar-refractivity contribution in [3.63, 3.8) is 0 Å². The van der Waals surface area contributed by atoms with Gasteiger partial charge in [-0.2, -0.15) is 0 Å². The molecule has 0 radical (unpaired) electrons. The van der Waals surface area contributed by atoms with Crippen LogP contribution < -0.4 is 0 Å². The Balaban J connectivity index is 2.70. The minimum Gasteiger partial charge on any atom is -0.293 e. The summed E-state index contributed by atoms with van der Waals surface area (Å²) >= 11 is 5.59. The minimum absolute atomic E-state index is 0.0637. The molecule has 0 unspecified atom stereocenters. The predicted molar refractivity (Wildman–Crippen MR) is 61.0 cm³/mol. The van der Waals surface area contributed by atoms with Crippen LogP contribution in [0.1, 0.15) is 23.1 Å². The van der Waals surface area contributed by atoms with Crippen LogP contribution >= 0.6 is 11.6 Å². The number of halogens is 3. The zero-order chi connectivity index (χ0) is 13.4. The van der Waals surface area contributed by atoms with Gasteiger partial charge in [0.25, 0.3) is 0 Å². The number of Topliss-reactive ketones (excluding diaryl/α,β-unsaturated/α-hetero) is 1. The lowest BCUT2D eigenvalue weighted by molar-refractivity contribution is 0.101. The Morgan fingerprint density at radius 1 is 1.39 bits per heavy atom. The molecule has 0 saturated heterocycles. The number of hydrogen-bond acceptors (Lipinski definition) is 3. The Morgan fingerprint density at radius 3 is 2.61 bits per heavy atom. The summed E-state index contributed by atoms with van der Waals surface area (Å²) in [6.45, 7) is 2.79. The van der Waals surface area contributed by atoms with Gasteiger partial charge in [-0.3, -0.25) is 4.79 Å². The second kappa shape index (κ2) is 4.45. The number of rotatable bonds is 2. The van der Waals surface area contributed by atoms with Crippen molar-refractivity contribution < 1.29 is 13.6 Å². The highest BCUT2D eigenvalue weighted by atomic mass is 35.5. The average molecular weight is 272 g/mol. The highest BCUT2D eigenvalue weighted by molar-refractivity contribution is 6.30. The molecule has 18 heavy (non-hydrogen) atoms. The lowest BCUT2D eigenvalue weighted by Gasteiger charge is -2.07. The molecule has 0 amide bonds. The molecule has 1 aromatic carbocycles. The molecule has 0 saturated carbocycles. The van der Waals surface area contributed by atoms with Crippen LogP contribution in [-0.4, -0.2) is 20.8 Å². The van der Waals surface area contributed by atoms with Gasteiger partial charge in [-0.1, -0.05) is 16.8 Å². The second-order valence-electron chi connectivity index (χ2n) is 3.68. The molecular formula is C11H8ClF2N3O. The van der Waals surface area contributed by atoms with Gasteiger partial charge in [-0.25, -0.2) is 13.5 Å². The molecule has 0 aliphatic rings. The van der Waals surface area contributed by atoms with Crippen LogP contribution in [0.5, 0.6) is 0 Å². The van der Waals surface area contributed by atoms with Crippen LogP contribution in [0.25, 0.3) is 5.69 Å². The molecule has 7 heteroatoms. The summed E-state index contributed by atoms with van der Waals surface area (Å²) < 4.78 is 28.4. The third kappa shape index (κ3) is 1.88. The van der Waals surface area contributed by atoms with Gasteiger partial charge in [0.05, 0.1) is 10.7 Å². The predicted octanol–water partition coefficient (Wildman–Crippen LogP) is 2.71. The summed E-state index contributed by atoms with van der Waals surface area (Å²) in [5.41, 5.74) is -0.128. The van der Waals surface area contributed by atoms with Gasteiger partial charge in [0, 0.05) is 6.92 Å². The summed E-state index contributed by atoms with van der Waals surface area (Å²) in [5, 5.41) is 6.94. The molecule has 0 aliphatic heterocycles. The molecule has 2 aromatic rings. The molecule has 0 N–H and O–H groups in total. The largest absolute Gasteiger partial charge is 0.293 e. The van der Waals surface area contributed by atoms with Crippen LogP contribution in [0, 0.1) is 18.6 Å². The molecule has 94 valence electrons. The van der Waals surface area contributed by atoms with Gasteiger partial charge in [0.15, 0.2) is 23.1 Å². The fourth-order valence-corrected chi connectivity index (χ4v) is 1.73. The molecule has 0 atom stereocenters. The van der Waals surface area contributed by atoms with Gasteiger partial charge < -0.3 is 0 Å². The van der Waals surface area contributed by atoms with Crippen LogP contribution in [0.3, 0.4) is 0 Å². The van der Waals surface area contributed by atoms with Crippen LogP contribution in [0.15, 0.2) is 12.1 Å². The zero-order valence-corrected chi connectivity index (χ0v) is 10.3. The lowest BCUT2D eigenvalue weighted by atomic mass is 10.2. The summed E-state index contributed by atoms with van der Waals surface area (Å²) in [5.74, 6) is -2.11. The van der Waals surface area contributed by atoms with Crippen molar-refractivity contribution in [2.45, 2.75) is 13.8 Å². The number of benzene rings is 1. The van der Waals surface area contributed by atoms with Crippen molar-refractivity contribution in [1.82, 2.24) is 15.0 Å². The summed E-state index contributed by atoms with van der Waals surface area (Å²) in [6, 6.07) is 2.13. The number of ketones is 1. The first-order chi connectivity index (χ1) is 8.43. The number of carbonyl (C=O) groups is 1. The van der Waals surface area contributed by atoms with Gasteiger partial charge in [-0.15, -0.1) is 5.10 Å². The zero-order valence-electron chi connectivity index (χ0n) is 9.54. The molecule has 1 heterocycles. The molecular weight excluding hydrogens is 264 g/mol. The summed E-state index contributed by atoms with van der Waals surface area (Å²) in [6.07, 6.45) is 0. The maximum absolute atomic E-state index is 13.8. The Morgan fingerprint density at radius 2 is 2.06 bits per heavy atom. The fourth-order valence-electron chi connectivity index (χ4n) is 1.58. The number of hydrogen-bond donors (Lipinski definition) is 0. The quantitative estimate of drug-likeness (QED) is 0.623. The van der Waals surface area contributed by atoms with Crippen molar-refractivity contribution in [2.24, 2.45) is 0 Å². The first kappa shape index (κ1) is 12.6. The van der Waals surface area contributed by atoms with Crippen LogP contribution in [-0.2, 0) is 0 Å². The van der Waals surface area contributed by atoms with Crippen molar-refractivity contribution in [2.75, 3.05) is 0 Å². The molecule has 0 spiro atoms. The molecule has 0 bridgehead atoms. The molecule has 2 rings (SSSR count). The van der Waals surface area contributed by atoms with Crippen LogP contribution in [0.4, 0.5) is 8.78 Å². The van der Waals surface area contributed by atoms with Crippen LogP contribution in [0.2, 0.25) is 5.02 Å². The maximum atomic E-state index is 13.8. The highest BCUT2D eigenvalue weighted by Gasteiger charge is 2.20. The van der Waals surface area contributed by atoms with E-state index in [1.54, 1.807) is 0 Å². The third-order valence-electron chi connectivity index (χ3n) is 2.46. The Hall–Kier alpha value is -1.82. The van der Waals surface area contributed by atoms with Gasteiger partial charge in [0.2, 0.25) is 0 Å². The monoisotopic (exact) mass is 271 g/mol. The summed E-state index contributed by atoms with van der Waals surface area (Å²) in [7, 11) is 0. The average Bonchev–Trinajstić information content (AvgIpc) is 2.67. The van der Waals surface area contributed by atoms with E-state index in [0.29, 0.717) is 0 Å². The molecule has 1 aromatic heterocycles. The van der Waals surface area contributed by atoms with Crippen molar-refractivity contribution >= 4 is 17.4 Å². The minimum atomic E-state index is -0.945. The van der Waals surface area contributed by atoms with E-state index in [9.17, 15) is 13.6 Å². The summed E-state index contributed by atoms with van der Waals surface area (Å²) in [4.78, 5) is 11.2. The topological polar surface area (TPSA) is 47.8 Å². The fraction of sp³-hybridized carbons (Fsp3) is 0.182. The maximum Gasteiger partial charge on any atom is 0.181 e. The van der Waals surface area contributed by atoms with E-state index in [-0.39, 0.29) is 22.2 Å². The van der Waals surface area contributed by atoms with Gasteiger partial charge in [-0.05, 0) is 19.1 Å². The van der Waals surface area contributed by atoms with Crippen molar-refractivity contribution in [3.05, 3.63) is 40.2 Å². The van der Waals surface area contributed by atoms with Crippen molar-refractivity contribution in [1.29, 1.82) is 0 Å². The van der Waals surface area contributed by atoms with E-state index in [0.717, 1.165) is 16.8 Å². The van der Waals surface area contributed by atoms with E-state index in [1.165, 1.54) is 13.8 Å². The number of nitrogens with zero attached hydrogens (tertiary/aromatic N) is 3. The number of carbonyl (C=O) groups excluding carboxylic acids is 1. The first-order valence-electron chi connectivity index (χ1n) is 5.00. The lowest BCUT2D eigenvalue weighted by Crippen LogP contribution is -2.06. The SMILES string of the molecule is CC(=O)c1nnn(-c2c(F)ccc(Cl)c2F)c1C. The second-order valence-corrected chi connectivity index (χ2v) is 4.09. The van der Waals surface area contributed by atoms with E-state index < -0.39 is 17.3 Å². The molecule has 4 nitrogen and oxygen atoms in total. The standard InChI is InChI=1S/C11H8ClF2N3O/c1-5-10(6(2)18)15-16-17(5)11-8(13)4-3-7(12)9(11)14/h3-4H,1-2H3. The smallest absolute Gasteiger partial charge is 0.181 e. The Kier molecular flexibility index (Phi) is 3.13. The third-order valence-corrected chi connectivity index (χ3v) is 2.75. The Bertz CT molecular complexity index is 639.